The van der Waals surface area contributed by atoms with E-state index in [2.05, 4.69) is 21.2 Å². The second-order valence-corrected chi connectivity index (χ2v) is 9.17. The topological polar surface area (TPSA) is 77.4 Å². The minimum absolute atomic E-state index is 0.0472. The quantitative estimate of drug-likeness (QED) is 0.391. The molecular weight excluding hydrogens is 522 g/mol. The third kappa shape index (κ3) is 6.85. The van der Waals surface area contributed by atoms with E-state index in [1.807, 2.05) is 0 Å². The number of hydrogen-bond donors (Lipinski definition) is 1. The fraction of sp³-hybridized carbons (Fsp3) is 0.269. The molecule has 0 fully saturated rings. The summed E-state index contributed by atoms with van der Waals surface area (Å²) in [4.78, 5) is 36.3. The van der Waals surface area contributed by atoms with Gasteiger partial charge in [0.05, 0.1) is 6.54 Å². The standard InChI is InChI=1S/C26H25BrF2N2O4/c1-15(10-17(3)32)25(33)30-21-8-4-18(5-9-21)13-31-16(2)11-23(24(27)26(31)34)35-14-19-6-7-20(28)12-22(19)29/h4-9,11-12,15H,10,13-14H2,1-3H3,(H,30,33). The first-order valence-corrected chi connectivity index (χ1v) is 11.7. The molecule has 0 bridgehead atoms. The lowest BCUT2D eigenvalue weighted by Crippen LogP contribution is -2.24. The second kappa shape index (κ2) is 11.4. The lowest BCUT2D eigenvalue weighted by atomic mass is 10.0. The lowest BCUT2D eigenvalue weighted by molar-refractivity contribution is -0.124. The molecule has 0 radical (unpaired) electrons. The van der Waals surface area contributed by atoms with E-state index < -0.39 is 17.6 Å². The summed E-state index contributed by atoms with van der Waals surface area (Å²) in [7, 11) is 0. The highest BCUT2D eigenvalue weighted by Gasteiger charge is 2.16. The molecule has 1 amide bonds. The first kappa shape index (κ1) is 26.3. The molecule has 2 aromatic carbocycles. The minimum Gasteiger partial charge on any atom is -0.487 e. The van der Waals surface area contributed by atoms with Gasteiger partial charge in [0.1, 0.15) is 34.2 Å². The highest BCUT2D eigenvalue weighted by atomic mass is 79.9. The highest BCUT2D eigenvalue weighted by molar-refractivity contribution is 9.10. The molecule has 3 aromatic rings. The van der Waals surface area contributed by atoms with Gasteiger partial charge in [-0.05, 0) is 59.6 Å². The van der Waals surface area contributed by atoms with Gasteiger partial charge in [-0.3, -0.25) is 9.59 Å². The van der Waals surface area contributed by atoms with Crippen LogP contribution in [-0.2, 0) is 22.7 Å². The minimum atomic E-state index is -0.723. The summed E-state index contributed by atoms with van der Waals surface area (Å²) in [5, 5.41) is 2.78. The van der Waals surface area contributed by atoms with Crippen LogP contribution in [0.4, 0.5) is 14.5 Å². The summed E-state index contributed by atoms with van der Waals surface area (Å²) in [6.07, 6.45) is 0.180. The van der Waals surface area contributed by atoms with E-state index in [0.717, 1.165) is 17.7 Å². The maximum absolute atomic E-state index is 13.9. The van der Waals surface area contributed by atoms with Crippen molar-refractivity contribution < 1.29 is 23.1 Å². The van der Waals surface area contributed by atoms with Crippen LogP contribution < -0.4 is 15.6 Å². The molecule has 0 aliphatic rings. The first-order valence-electron chi connectivity index (χ1n) is 10.9. The zero-order valence-electron chi connectivity index (χ0n) is 19.5. The number of amides is 1. The number of anilines is 1. The number of hydrogen-bond acceptors (Lipinski definition) is 4. The SMILES string of the molecule is CC(=O)CC(C)C(=O)Nc1ccc(Cn2c(C)cc(OCc3ccc(F)cc3F)c(Br)c2=O)cc1. The van der Waals surface area contributed by atoms with Crippen molar-refractivity contribution in [3.8, 4) is 5.75 Å². The summed E-state index contributed by atoms with van der Waals surface area (Å²) in [5.41, 5.74) is 1.90. The molecule has 0 aliphatic carbocycles. The lowest BCUT2D eigenvalue weighted by Gasteiger charge is -2.15. The second-order valence-electron chi connectivity index (χ2n) is 8.37. The summed E-state index contributed by atoms with van der Waals surface area (Å²) in [5.74, 6) is -1.85. The maximum atomic E-state index is 13.9. The first-order chi connectivity index (χ1) is 16.5. The summed E-state index contributed by atoms with van der Waals surface area (Å²) in [6.45, 7) is 5.02. The average molecular weight is 547 g/mol. The van der Waals surface area contributed by atoms with Gasteiger partial charge in [0.15, 0.2) is 0 Å². The Bertz CT molecular complexity index is 1310. The van der Waals surface area contributed by atoms with E-state index in [1.165, 1.54) is 13.0 Å². The van der Waals surface area contributed by atoms with Crippen molar-refractivity contribution in [2.45, 2.75) is 40.3 Å². The van der Waals surface area contributed by atoms with Crippen molar-refractivity contribution >= 4 is 33.3 Å². The molecule has 0 spiro atoms. The van der Waals surface area contributed by atoms with Gasteiger partial charge in [0.2, 0.25) is 5.91 Å². The Balaban J connectivity index is 1.70. The molecule has 0 saturated carbocycles. The Hall–Kier alpha value is -3.33. The van der Waals surface area contributed by atoms with Crippen molar-refractivity contribution in [1.82, 2.24) is 4.57 Å². The van der Waals surface area contributed by atoms with Gasteiger partial charge < -0.3 is 19.4 Å². The van der Waals surface area contributed by atoms with E-state index in [1.54, 1.807) is 48.7 Å². The molecule has 0 aliphatic heterocycles. The molecule has 1 heterocycles. The summed E-state index contributed by atoms with van der Waals surface area (Å²) >= 11 is 3.27. The molecule has 1 N–H and O–H groups in total. The number of rotatable bonds is 9. The number of benzene rings is 2. The van der Waals surface area contributed by atoms with Crippen molar-refractivity contribution in [3.63, 3.8) is 0 Å². The fourth-order valence-electron chi connectivity index (χ4n) is 3.48. The van der Waals surface area contributed by atoms with Crippen LogP contribution in [0.25, 0.3) is 0 Å². The number of nitrogens with one attached hydrogen (secondary N) is 1. The van der Waals surface area contributed by atoms with Crippen LogP contribution in [0.15, 0.2) is 57.8 Å². The largest absolute Gasteiger partial charge is 0.487 e. The van der Waals surface area contributed by atoms with Gasteiger partial charge in [-0.25, -0.2) is 8.78 Å². The van der Waals surface area contributed by atoms with Crippen LogP contribution in [0.3, 0.4) is 0 Å². The number of aromatic nitrogens is 1. The van der Waals surface area contributed by atoms with Crippen molar-refractivity contribution in [2.24, 2.45) is 5.92 Å². The zero-order valence-corrected chi connectivity index (χ0v) is 21.1. The van der Waals surface area contributed by atoms with Crippen molar-refractivity contribution in [1.29, 1.82) is 0 Å². The van der Waals surface area contributed by atoms with E-state index in [-0.39, 0.29) is 52.6 Å². The fourth-order valence-corrected chi connectivity index (χ4v) is 3.92. The Kier molecular flexibility index (Phi) is 8.56. The number of ether oxygens (including phenoxy) is 1. The number of Topliss-reactive ketones (excluding diaryl/α,β-unsaturated/α-hetero) is 1. The zero-order chi connectivity index (χ0) is 25.7. The van der Waals surface area contributed by atoms with Crippen LogP contribution in [-0.4, -0.2) is 16.3 Å². The Morgan fingerprint density at radius 2 is 1.80 bits per heavy atom. The predicted octanol–water partition coefficient (Wildman–Crippen LogP) is 5.38. The van der Waals surface area contributed by atoms with Gasteiger partial charge in [0, 0.05) is 41.4 Å². The van der Waals surface area contributed by atoms with Crippen LogP contribution in [0.2, 0.25) is 0 Å². The number of nitrogens with zero attached hydrogens (tertiary/aromatic N) is 1. The molecule has 1 unspecified atom stereocenters. The number of carbonyl (C=O) groups excluding carboxylic acids is 2. The predicted molar refractivity (Wildman–Crippen MR) is 132 cm³/mol. The molecule has 6 nitrogen and oxygen atoms in total. The third-order valence-electron chi connectivity index (χ3n) is 5.42. The van der Waals surface area contributed by atoms with E-state index in [9.17, 15) is 23.2 Å². The Morgan fingerprint density at radius 1 is 1.11 bits per heavy atom. The molecule has 1 aromatic heterocycles. The van der Waals surface area contributed by atoms with Crippen LogP contribution >= 0.6 is 15.9 Å². The molecule has 9 heteroatoms. The van der Waals surface area contributed by atoms with E-state index in [4.69, 9.17) is 4.74 Å². The molecule has 1 atom stereocenters. The van der Waals surface area contributed by atoms with Crippen LogP contribution in [0.1, 0.15) is 37.1 Å². The number of halogens is 3. The summed E-state index contributed by atoms with van der Waals surface area (Å²) < 4.78 is 34.3. The molecule has 35 heavy (non-hydrogen) atoms. The summed E-state index contributed by atoms with van der Waals surface area (Å²) in [6, 6.07) is 11.9. The number of pyridine rings is 1. The maximum Gasteiger partial charge on any atom is 0.269 e. The van der Waals surface area contributed by atoms with Crippen LogP contribution in [0.5, 0.6) is 5.75 Å². The molecule has 3 rings (SSSR count). The van der Waals surface area contributed by atoms with Crippen molar-refractivity contribution in [3.05, 3.63) is 91.8 Å². The Morgan fingerprint density at radius 3 is 2.43 bits per heavy atom. The average Bonchev–Trinajstić information content (AvgIpc) is 2.79. The number of carbonyl (C=O) groups is 2. The molecular formula is C26H25BrF2N2O4. The van der Waals surface area contributed by atoms with Gasteiger partial charge in [-0.15, -0.1) is 0 Å². The van der Waals surface area contributed by atoms with E-state index >= 15 is 0 Å². The molecule has 0 saturated heterocycles. The van der Waals surface area contributed by atoms with Crippen molar-refractivity contribution in [2.75, 3.05) is 5.32 Å². The number of aryl methyl sites for hydroxylation is 1. The van der Waals surface area contributed by atoms with Gasteiger partial charge in [-0.1, -0.05) is 19.1 Å². The monoisotopic (exact) mass is 546 g/mol. The third-order valence-corrected chi connectivity index (χ3v) is 6.15. The number of ketones is 1. The Labute approximate surface area is 210 Å². The van der Waals surface area contributed by atoms with Gasteiger partial charge in [0.25, 0.3) is 5.56 Å². The highest BCUT2D eigenvalue weighted by Crippen LogP contribution is 2.25. The van der Waals surface area contributed by atoms with Gasteiger partial charge in [-0.2, -0.15) is 0 Å². The smallest absolute Gasteiger partial charge is 0.269 e. The molecule has 184 valence electrons. The normalized spacial score (nSPS) is 11.7. The van der Waals surface area contributed by atoms with E-state index in [0.29, 0.717) is 11.4 Å². The van der Waals surface area contributed by atoms with Gasteiger partial charge >= 0.3 is 0 Å². The van der Waals surface area contributed by atoms with Crippen LogP contribution in [0, 0.1) is 24.5 Å².